The Bertz CT molecular complexity index is 1160. The largest absolute Gasteiger partial charge is 0.471 e. The van der Waals surface area contributed by atoms with Gasteiger partial charge in [-0.2, -0.15) is 0 Å². The molecule has 1 aliphatic heterocycles. The zero-order valence-electron chi connectivity index (χ0n) is 17.2. The van der Waals surface area contributed by atoms with Gasteiger partial charge in [0.15, 0.2) is 0 Å². The van der Waals surface area contributed by atoms with Gasteiger partial charge in [-0.15, -0.1) is 0 Å². The summed E-state index contributed by atoms with van der Waals surface area (Å²) in [5.74, 6) is 0.0627. The van der Waals surface area contributed by atoms with Gasteiger partial charge in [0.1, 0.15) is 11.7 Å². The second kappa shape index (κ2) is 8.34. The van der Waals surface area contributed by atoms with Gasteiger partial charge >= 0.3 is 5.97 Å². The molecule has 160 valence electrons. The maximum Gasteiger partial charge on any atom is 0.303 e. The Balaban J connectivity index is 1.97. The van der Waals surface area contributed by atoms with Crippen molar-refractivity contribution in [1.29, 1.82) is 0 Å². The van der Waals surface area contributed by atoms with E-state index in [0.29, 0.717) is 38.6 Å². The minimum atomic E-state index is -0.553. The van der Waals surface area contributed by atoms with Gasteiger partial charge < -0.3 is 9.47 Å². The Morgan fingerprint density at radius 2 is 1.71 bits per heavy atom. The van der Waals surface area contributed by atoms with Gasteiger partial charge in [-0.3, -0.25) is 4.79 Å². The quantitative estimate of drug-likeness (QED) is 0.366. The third-order valence-corrected chi connectivity index (χ3v) is 5.86. The van der Waals surface area contributed by atoms with E-state index in [2.05, 4.69) is 0 Å². The molecule has 1 atom stereocenters. The molecule has 1 aliphatic rings. The molecule has 3 aromatic rings. The lowest BCUT2D eigenvalue weighted by Crippen LogP contribution is -2.36. The summed E-state index contributed by atoms with van der Waals surface area (Å²) in [6.07, 6.45) is 0.0482. The van der Waals surface area contributed by atoms with Gasteiger partial charge in [0.05, 0.1) is 16.3 Å². The number of nitrogens with zero attached hydrogens (tertiary/aromatic N) is 1. The first-order valence-electron chi connectivity index (χ1n) is 9.75. The molecule has 0 fully saturated rings. The number of fused-ring (bicyclic) bond motifs is 1. The van der Waals surface area contributed by atoms with Crippen LogP contribution in [-0.4, -0.2) is 16.6 Å². The van der Waals surface area contributed by atoms with Crippen LogP contribution in [0.15, 0.2) is 48.5 Å². The number of hydrogen-bond donors (Lipinski definition) is 0. The Labute approximate surface area is 196 Å². The fraction of sp³-hybridized carbons (Fsp3) is 0.250. The topological polar surface area (TPSA) is 48.4 Å². The summed E-state index contributed by atoms with van der Waals surface area (Å²) in [5.41, 5.74) is 3.24. The number of aromatic nitrogens is 1. The normalized spacial score (nSPS) is 16.9. The molecule has 0 spiro atoms. The van der Waals surface area contributed by atoms with Crippen LogP contribution >= 0.6 is 34.8 Å². The molecule has 2 aromatic carbocycles. The van der Waals surface area contributed by atoms with Gasteiger partial charge in [0, 0.05) is 34.5 Å². The summed E-state index contributed by atoms with van der Waals surface area (Å²) in [6, 6.07) is 14.7. The minimum absolute atomic E-state index is 0.355. The van der Waals surface area contributed by atoms with Crippen molar-refractivity contribution in [2.75, 3.05) is 0 Å². The third-order valence-electron chi connectivity index (χ3n) is 5.06. The molecule has 7 heteroatoms. The number of halogens is 3. The average Bonchev–Trinajstić information content (AvgIpc) is 2.67. The molecule has 0 saturated carbocycles. The van der Waals surface area contributed by atoms with E-state index in [0.717, 1.165) is 16.7 Å². The van der Waals surface area contributed by atoms with Crippen LogP contribution in [0.5, 0.6) is 5.88 Å². The van der Waals surface area contributed by atoms with E-state index in [9.17, 15) is 4.79 Å². The molecule has 31 heavy (non-hydrogen) atoms. The van der Waals surface area contributed by atoms with Crippen LogP contribution in [0.1, 0.15) is 38.9 Å². The smallest absolute Gasteiger partial charge is 0.303 e. The van der Waals surface area contributed by atoms with Gasteiger partial charge in [0.2, 0.25) is 5.88 Å². The summed E-state index contributed by atoms with van der Waals surface area (Å²) >= 11 is 18.7. The molecule has 0 N–H and O–H groups in total. The number of benzene rings is 2. The summed E-state index contributed by atoms with van der Waals surface area (Å²) in [7, 11) is 0. The predicted octanol–water partition coefficient (Wildman–Crippen LogP) is 7.54. The van der Waals surface area contributed by atoms with E-state index < -0.39 is 11.7 Å². The SMILES string of the molecule is CC(=O)OC1CC(C)(C)Oc2nc(-c3ccc(Cl)cc3Cl)c(-c3ccc(Cl)cc3)cc21. The van der Waals surface area contributed by atoms with Crippen LogP contribution in [0.3, 0.4) is 0 Å². The molecule has 0 amide bonds. The Kier molecular flexibility index (Phi) is 5.91. The third kappa shape index (κ3) is 4.67. The van der Waals surface area contributed by atoms with E-state index in [-0.39, 0.29) is 5.97 Å². The molecule has 0 aliphatic carbocycles. The number of carbonyl (C=O) groups is 1. The minimum Gasteiger partial charge on any atom is -0.471 e. The van der Waals surface area contributed by atoms with Gasteiger partial charge in [-0.05, 0) is 55.8 Å². The molecular weight excluding hydrogens is 457 g/mol. The number of hydrogen-bond acceptors (Lipinski definition) is 4. The number of esters is 1. The highest BCUT2D eigenvalue weighted by molar-refractivity contribution is 6.36. The van der Waals surface area contributed by atoms with E-state index in [1.807, 2.05) is 50.2 Å². The lowest BCUT2D eigenvalue weighted by atomic mass is 9.90. The molecule has 1 unspecified atom stereocenters. The fourth-order valence-corrected chi connectivity index (χ4v) is 4.35. The van der Waals surface area contributed by atoms with Crippen molar-refractivity contribution < 1.29 is 14.3 Å². The summed E-state index contributed by atoms with van der Waals surface area (Å²) in [4.78, 5) is 16.6. The second-order valence-corrected chi connectivity index (χ2v) is 9.35. The zero-order valence-corrected chi connectivity index (χ0v) is 19.5. The lowest BCUT2D eigenvalue weighted by molar-refractivity contribution is -0.150. The van der Waals surface area contributed by atoms with E-state index in [4.69, 9.17) is 49.3 Å². The van der Waals surface area contributed by atoms with Crippen molar-refractivity contribution in [1.82, 2.24) is 4.98 Å². The van der Waals surface area contributed by atoms with Crippen LogP contribution in [0.25, 0.3) is 22.4 Å². The summed E-state index contributed by atoms with van der Waals surface area (Å²) < 4.78 is 11.8. The fourth-order valence-electron chi connectivity index (χ4n) is 3.73. The molecule has 4 nitrogen and oxygen atoms in total. The van der Waals surface area contributed by atoms with Crippen LogP contribution < -0.4 is 4.74 Å². The monoisotopic (exact) mass is 475 g/mol. The van der Waals surface area contributed by atoms with Gasteiger partial charge in [-0.1, -0.05) is 46.9 Å². The maximum absolute atomic E-state index is 11.8. The van der Waals surface area contributed by atoms with Crippen molar-refractivity contribution in [3.63, 3.8) is 0 Å². The highest BCUT2D eigenvalue weighted by Gasteiger charge is 2.37. The van der Waals surface area contributed by atoms with Crippen LogP contribution in [0.4, 0.5) is 0 Å². The Morgan fingerprint density at radius 1 is 1.03 bits per heavy atom. The van der Waals surface area contributed by atoms with Crippen LogP contribution in [0, 0.1) is 0 Å². The molecule has 1 aromatic heterocycles. The molecule has 0 radical (unpaired) electrons. The summed E-state index contributed by atoms with van der Waals surface area (Å²) in [6.45, 7) is 5.28. The predicted molar refractivity (Wildman–Crippen MR) is 124 cm³/mol. The van der Waals surface area contributed by atoms with Crippen molar-refractivity contribution >= 4 is 40.8 Å². The first-order valence-corrected chi connectivity index (χ1v) is 10.9. The molecule has 4 rings (SSSR count). The molecule has 0 bridgehead atoms. The van der Waals surface area contributed by atoms with Crippen molar-refractivity contribution in [3.8, 4) is 28.3 Å². The Morgan fingerprint density at radius 3 is 2.35 bits per heavy atom. The Hall–Kier alpha value is -2.27. The van der Waals surface area contributed by atoms with Crippen molar-refractivity contribution in [2.45, 2.75) is 38.9 Å². The number of carbonyl (C=O) groups excluding carboxylic acids is 1. The van der Waals surface area contributed by atoms with E-state index in [1.165, 1.54) is 6.92 Å². The van der Waals surface area contributed by atoms with Crippen molar-refractivity contribution in [3.05, 3.63) is 69.2 Å². The van der Waals surface area contributed by atoms with Crippen molar-refractivity contribution in [2.24, 2.45) is 0 Å². The zero-order chi connectivity index (χ0) is 22.3. The van der Waals surface area contributed by atoms with Gasteiger partial charge in [0.25, 0.3) is 0 Å². The second-order valence-electron chi connectivity index (χ2n) is 8.07. The molecule has 0 saturated heterocycles. The van der Waals surface area contributed by atoms with Gasteiger partial charge in [-0.25, -0.2) is 4.98 Å². The number of pyridine rings is 1. The van der Waals surface area contributed by atoms with Crippen LogP contribution in [-0.2, 0) is 9.53 Å². The first-order chi connectivity index (χ1) is 14.6. The number of ether oxygens (including phenoxy) is 2. The highest BCUT2D eigenvalue weighted by Crippen LogP contribution is 2.46. The van der Waals surface area contributed by atoms with E-state index >= 15 is 0 Å². The standard InChI is InChI=1S/C24H20Cl3NO3/c1-13(29)30-21-12-24(2,3)31-23-19(21)11-18(14-4-6-15(25)7-5-14)22(28-23)17-9-8-16(26)10-20(17)27/h4-11,21H,12H2,1-3H3. The first kappa shape index (κ1) is 21.9. The average molecular weight is 477 g/mol. The number of rotatable bonds is 3. The molecule has 2 heterocycles. The highest BCUT2D eigenvalue weighted by atomic mass is 35.5. The lowest BCUT2D eigenvalue weighted by Gasteiger charge is -2.36. The summed E-state index contributed by atoms with van der Waals surface area (Å²) in [5, 5.41) is 1.64. The maximum atomic E-state index is 11.8. The van der Waals surface area contributed by atoms with E-state index in [1.54, 1.807) is 12.1 Å². The molecular formula is C24H20Cl3NO3. The van der Waals surface area contributed by atoms with Crippen LogP contribution in [0.2, 0.25) is 15.1 Å².